The second-order valence-electron chi connectivity index (χ2n) is 10.1. The van der Waals surface area contributed by atoms with E-state index in [4.69, 9.17) is 9.72 Å². The number of nitrogens with zero attached hydrogens (tertiary/aromatic N) is 4. The highest BCUT2D eigenvalue weighted by Gasteiger charge is 2.43. The molecule has 5 rings (SSSR count). The number of fused-ring (bicyclic) bond motifs is 1. The van der Waals surface area contributed by atoms with Crippen molar-refractivity contribution in [3.05, 3.63) is 30.0 Å². The van der Waals surface area contributed by atoms with Gasteiger partial charge >= 0.3 is 5.97 Å². The van der Waals surface area contributed by atoms with Crippen LogP contribution in [0.3, 0.4) is 0 Å². The van der Waals surface area contributed by atoms with Crippen molar-refractivity contribution in [2.45, 2.75) is 64.0 Å². The lowest BCUT2D eigenvalue weighted by atomic mass is 9.99. The largest absolute Gasteiger partial charge is 0.495 e. The molecular weight excluding hydrogens is 446 g/mol. The van der Waals surface area contributed by atoms with Crippen molar-refractivity contribution >= 4 is 35.0 Å². The van der Waals surface area contributed by atoms with Crippen LogP contribution >= 0.6 is 0 Å². The zero-order chi connectivity index (χ0) is 24.7. The number of aromatic carboxylic acids is 1. The maximum absolute atomic E-state index is 13.5. The summed E-state index contributed by atoms with van der Waals surface area (Å²) in [5, 5.41) is 12.5. The lowest BCUT2D eigenvalue weighted by Crippen LogP contribution is -2.56. The smallest absolute Gasteiger partial charge is 0.335 e. The Morgan fingerprint density at radius 2 is 2.00 bits per heavy atom. The van der Waals surface area contributed by atoms with Gasteiger partial charge in [0.05, 0.1) is 24.6 Å². The average Bonchev–Trinajstić information content (AvgIpc) is 3.30. The summed E-state index contributed by atoms with van der Waals surface area (Å²) < 4.78 is 5.40. The maximum atomic E-state index is 13.5. The summed E-state index contributed by atoms with van der Waals surface area (Å²) >= 11 is 0. The number of ether oxygens (including phenoxy) is 1. The minimum atomic E-state index is -1.02. The number of likely N-dealkylation sites (N-methyl/N-ethyl adjacent to an activating group) is 1. The molecule has 1 aromatic carbocycles. The van der Waals surface area contributed by atoms with Gasteiger partial charge in [0.15, 0.2) is 5.82 Å². The Hall–Kier alpha value is -3.36. The summed E-state index contributed by atoms with van der Waals surface area (Å²) in [6, 6.07) is 4.71. The van der Waals surface area contributed by atoms with E-state index < -0.39 is 5.97 Å². The van der Waals surface area contributed by atoms with Gasteiger partial charge in [-0.2, -0.15) is 4.98 Å². The van der Waals surface area contributed by atoms with Crippen LogP contribution in [0.2, 0.25) is 0 Å². The van der Waals surface area contributed by atoms with Crippen LogP contribution in [0.4, 0.5) is 23.1 Å². The van der Waals surface area contributed by atoms with Crippen molar-refractivity contribution in [1.82, 2.24) is 9.97 Å². The van der Waals surface area contributed by atoms with E-state index >= 15 is 0 Å². The fourth-order valence-corrected chi connectivity index (χ4v) is 5.56. The van der Waals surface area contributed by atoms with E-state index in [1.54, 1.807) is 17.2 Å². The molecular formula is C26H33N5O4. The zero-order valence-electron chi connectivity index (χ0n) is 20.5. The summed E-state index contributed by atoms with van der Waals surface area (Å²) in [5.74, 6) is 2.14. The lowest BCUT2D eigenvalue weighted by molar-refractivity contribution is -0.120. The van der Waals surface area contributed by atoms with Gasteiger partial charge in [0.25, 0.3) is 0 Å². The van der Waals surface area contributed by atoms with Gasteiger partial charge in [-0.1, -0.05) is 19.8 Å². The predicted octanol–water partition coefficient (Wildman–Crippen LogP) is 4.46. The maximum Gasteiger partial charge on any atom is 0.335 e. The van der Waals surface area contributed by atoms with Crippen molar-refractivity contribution in [2.24, 2.45) is 11.8 Å². The molecule has 1 unspecified atom stereocenters. The molecule has 3 aliphatic rings. The monoisotopic (exact) mass is 479 g/mol. The fraction of sp³-hybridized carbons (Fsp3) is 0.538. The van der Waals surface area contributed by atoms with E-state index in [1.807, 2.05) is 7.05 Å². The van der Waals surface area contributed by atoms with Crippen LogP contribution in [0.5, 0.6) is 5.75 Å². The van der Waals surface area contributed by atoms with Crippen molar-refractivity contribution < 1.29 is 19.4 Å². The molecule has 2 saturated carbocycles. The van der Waals surface area contributed by atoms with Gasteiger partial charge in [0.2, 0.25) is 11.9 Å². The first-order valence-electron chi connectivity index (χ1n) is 12.5. The van der Waals surface area contributed by atoms with E-state index in [-0.39, 0.29) is 17.5 Å². The number of amides is 1. The molecule has 1 amide bonds. The van der Waals surface area contributed by atoms with Crippen LogP contribution in [-0.2, 0) is 4.79 Å². The number of carbonyl (C=O) groups is 2. The van der Waals surface area contributed by atoms with Gasteiger partial charge in [-0.25, -0.2) is 9.78 Å². The number of methoxy groups -OCH3 is 1. The number of rotatable bonds is 8. The minimum Gasteiger partial charge on any atom is -0.495 e. The summed E-state index contributed by atoms with van der Waals surface area (Å²) in [5.41, 5.74) is 1.43. The predicted molar refractivity (Wildman–Crippen MR) is 134 cm³/mol. The van der Waals surface area contributed by atoms with E-state index in [9.17, 15) is 14.7 Å². The molecule has 1 aliphatic heterocycles. The molecule has 2 aromatic rings. The molecule has 9 nitrogen and oxygen atoms in total. The zero-order valence-corrected chi connectivity index (χ0v) is 20.5. The van der Waals surface area contributed by atoms with Crippen LogP contribution in [-0.4, -0.2) is 53.2 Å². The van der Waals surface area contributed by atoms with Crippen molar-refractivity contribution in [1.29, 1.82) is 0 Å². The van der Waals surface area contributed by atoms with Gasteiger partial charge in [-0.15, -0.1) is 0 Å². The third-order valence-electron chi connectivity index (χ3n) is 7.81. The quantitative estimate of drug-likeness (QED) is 0.572. The van der Waals surface area contributed by atoms with E-state index in [1.165, 1.54) is 25.7 Å². The first kappa shape index (κ1) is 23.4. The molecule has 0 spiro atoms. The van der Waals surface area contributed by atoms with E-state index in [0.717, 1.165) is 61.9 Å². The third-order valence-corrected chi connectivity index (χ3v) is 7.81. The Morgan fingerprint density at radius 1 is 1.26 bits per heavy atom. The first-order chi connectivity index (χ1) is 16.9. The second kappa shape index (κ2) is 9.36. The Morgan fingerprint density at radius 3 is 2.66 bits per heavy atom. The molecule has 0 radical (unpaired) electrons. The van der Waals surface area contributed by atoms with Crippen LogP contribution in [0, 0.1) is 11.8 Å². The number of hydrogen-bond acceptors (Lipinski definition) is 7. The number of hydrogen-bond donors (Lipinski definition) is 2. The molecule has 0 saturated heterocycles. The summed E-state index contributed by atoms with van der Waals surface area (Å²) in [4.78, 5) is 38.1. The van der Waals surface area contributed by atoms with Crippen molar-refractivity contribution in [2.75, 3.05) is 29.3 Å². The Balaban J connectivity index is 1.48. The highest BCUT2D eigenvalue weighted by Crippen LogP contribution is 2.45. The minimum absolute atomic E-state index is 0.118. The highest BCUT2D eigenvalue weighted by molar-refractivity contribution is 6.04. The summed E-state index contributed by atoms with van der Waals surface area (Å²) in [6.07, 6.45) is 9.30. The molecule has 2 heterocycles. The Kier molecular flexibility index (Phi) is 6.25. The van der Waals surface area contributed by atoms with Crippen molar-refractivity contribution in [3.63, 3.8) is 0 Å². The molecule has 2 aliphatic carbocycles. The molecule has 9 heteroatoms. The number of carbonyl (C=O) groups excluding carboxylic acids is 1. The van der Waals surface area contributed by atoms with E-state index in [2.05, 4.69) is 22.1 Å². The number of benzene rings is 1. The Labute approximate surface area is 205 Å². The molecule has 2 N–H and O–H groups in total. The van der Waals surface area contributed by atoms with Crippen LogP contribution in [0.1, 0.15) is 62.2 Å². The van der Waals surface area contributed by atoms with Gasteiger partial charge in [0.1, 0.15) is 17.5 Å². The fourth-order valence-electron chi connectivity index (χ4n) is 5.56. The third kappa shape index (κ3) is 4.51. The molecule has 2 fully saturated rings. The number of carboxylic acids is 1. The molecule has 1 aromatic heterocycles. The molecule has 186 valence electrons. The highest BCUT2D eigenvalue weighted by atomic mass is 16.5. The molecule has 3 atom stereocenters. The van der Waals surface area contributed by atoms with Gasteiger partial charge in [0, 0.05) is 13.1 Å². The van der Waals surface area contributed by atoms with E-state index in [0.29, 0.717) is 23.4 Å². The van der Waals surface area contributed by atoms with Crippen LogP contribution in [0.25, 0.3) is 0 Å². The number of nitrogens with one attached hydrogen (secondary N) is 1. The first-order valence-corrected chi connectivity index (χ1v) is 12.5. The Bertz CT molecular complexity index is 1130. The second-order valence-corrected chi connectivity index (χ2v) is 10.1. The number of aromatic nitrogens is 2. The SMILES string of the molecule is COc1cc(C(=O)O)ccc1Nc1ncc2c(n1)N(C1CCCC1)[C@H](CC[C@H]1CC1C)C(=O)N2C. The molecule has 35 heavy (non-hydrogen) atoms. The standard InChI is InChI=1S/C26H33N5O4/c1-15-12-16(15)9-11-20-24(32)30(2)21-14-27-26(29-23(21)31(20)18-6-4-5-7-18)28-19-10-8-17(25(33)34)13-22(19)35-3/h8,10,13-16,18,20H,4-7,9,11-12H2,1-3H3,(H,33,34)(H,27,28,29)/t15?,16-,20+/m0/s1. The lowest BCUT2D eigenvalue weighted by Gasteiger charge is -2.44. The molecule has 0 bridgehead atoms. The number of carboxylic acid groups (broad SMARTS) is 1. The van der Waals surface area contributed by atoms with Crippen LogP contribution in [0.15, 0.2) is 24.4 Å². The van der Waals surface area contributed by atoms with Gasteiger partial charge < -0.3 is 25.0 Å². The average molecular weight is 480 g/mol. The van der Waals surface area contributed by atoms with Crippen molar-refractivity contribution in [3.8, 4) is 5.75 Å². The summed E-state index contributed by atoms with van der Waals surface area (Å²) in [7, 11) is 3.30. The van der Waals surface area contributed by atoms with Crippen LogP contribution < -0.4 is 19.9 Å². The van der Waals surface area contributed by atoms with Gasteiger partial charge in [-0.05, 0) is 62.1 Å². The topological polar surface area (TPSA) is 108 Å². The normalized spacial score (nSPS) is 23.9. The summed E-state index contributed by atoms with van der Waals surface area (Å²) in [6.45, 7) is 2.28. The number of anilines is 4. The van der Waals surface area contributed by atoms with Gasteiger partial charge in [-0.3, -0.25) is 4.79 Å².